The first kappa shape index (κ1) is 18.2. The van der Waals surface area contributed by atoms with Crippen LogP contribution in [0, 0.1) is 5.92 Å². The van der Waals surface area contributed by atoms with Gasteiger partial charge in [0.05, 0.1) is 11.8 Å². The third-order valence-corrected chi connectivity index (χ3v) is 5.06. The van der Waals surface area contributed by atoms with Gasteiger partial charge in [0, 0.05) is 25.7 Å². The minimum Gasteiger partial charge on any atom is -0.472 e. The zero-order valence-corrected chi connectivity index (χ0v) is 15.4. The lowest BCUT2D eigenvalue weighted by Crippen LogP contribution is -2.41. The molecular weight excluding hydrogens is 360 g/mol. The van der Waals surface area contributed by atoms with Crippen molar-refractivity contribution < 1.29 is 23.5 Å². The highest BCUT2D eigenvalue weighted by Crippen LogP contribution is 2.32. The molecule has 1 fully saturated rings. The first-order valence-corrected chi connectivity index (χ1v) is 9.36. The molecule has 0 bridgehead atoms. The highest BCUT2D eigenvalue weighted by atomic mass is 16.7. The zero-order chi connectivity index (χ0) is 19.3. The Kier molecular flexibility index (Phi) is 5.32. The van der Waals surface area contributed by atoms with Crippen LogP contribution in [0.25, 0.3) is 6.08 Å². The molecule has 3 heterocycles. The minimum absolute atomic E-state index is 0.00268. The smallest absolute Gasteiger partial charge is 0.257 e. The Morgan fingerprint density at radius 1 is 1.14 bits per heavy atom. The summed E-state index contributed by atoms with van der Waals surface area (Å²) in [4.78, 5) is 26.2. The summed E-state index contributed by atoms with van der Waals surface area (Å²) in [5.41, 5.74) is 1.46. The summed E-state index contributed by atoms with van der Waals surface area (Å²) in [6.45, 7) is 2.22. The van der Waals surface area contributed by atoms with E-state index in [0.717, 1.165) is 24.2 Å². The van der Waals surface area contributed by atoms with E-state index in [0.29, 0.717) is 36.9 Å². The molecule has 2 aromatic rings. The monoisotopic (exact) mass is 382 g/mol. The molecule has 4 rings (SSSR count). The van der Waals surface area contributed by atoms with Crippen LogP contribution < -0.4 is 14.8 Å². The van der Waals surface area contributed by atoms with Crippen LogP contribution in [-0.4, -0.2) is 43.1 Å². The van der Waals surface area contributed by atoms with Gasteiger partial charge >= 0.3 is 0 Å². The number of hydrogen-bond acceptors (Lipinski definition) is 5. The molecule has 0 radical (unpaired) electrons. The second kappa shape index (κ2) is 8.21. The van der Waals surface area contributed by atoms with Gasteiger partial charge < -0.3 is 24.1 Å². The zero-order valence-electron chi connectivity index (χ0n) is 15.4. The maximum Gasteiger partial charge on any atom is 0.257 e. The molecule has 7 heteroatoms. The molecule has 1 N–H and O–H groups in total. The number of nitrogens with zero attached hydrogens (tertiary/aromatic N) is 1. The number of amides is 2. The predicted molar refractivity (Wildman–Crippen MR) is 102 cm³/mol. The van der Waals surface area contributed by atoms with Gasteiger partial charge in [-0.05, 0) is 48.6 Å². The fourth-order valence-electron chi connectivity index (χ4n) is 3.40. The summed E-state index contributed by atoms with van der Waals surface area (Å²) >= 11 is 0. The molecule has 28 heavy (non-hydrogen) atoms. The molecule has 0 spiro atoms. The molecule has 1 aromatic carbocycles. The summed E-state index contributed by atoms with van der Waals surface area (Å²) in [5, 5.41) is 2.95. The van der Waals surface area contributed by atoms with Crippen molar-refractivity contribution in [3.05, 3.63) is 54.0 Å². The Balaban J connectivity index is 1.21. The lowest BCUT2D eigenvalue weighted by atomic mass is 9.96. The predicted octanol–water partition coefficient (Wildman–Crippen LogP) is 2.69. The van der Waals surface area contributed by atoms with Gasteiger partial charge in [-0.15, -0.1) is 0 Å². The standard InChI is InChI=1S/C21H22N2O5/c24-20(4-2-15-1-3-18-19(11-15)28-14-27-18)22-12-16-5-8-23(9-6-16)21(25)17-7-10-26-13-17/h1-4,7,10-11,13,16H,5-6,8-9,12,14H2,(H,22,24). The molecule has 146 valence electrons. The van der Waals surface area contributed by atoms with Gasteiger partial charge in [-0.3, -0.25) is 9.59 Å². The number of hydrogen-bond donors (Lipinski definition) is 1. The number of ether oxygens (including phenoxy) is 2. The Morgan fingerprint density at radius 2 is 1.96 bits per heavy atom. The van der Waals surface area contributed by atoms with Crippen LogP contribution in [0.1, 0.15) is 28.8 Å². The van der Waals surface area contributed by atoms with Crippen LogP contribution in [0.15, 0.2) is 47.3 Å². The molecule has 2 aliphatic rings. The summed E-state index contributed by atoms with van der Waals surface area (Å²) in [6.07, 6.45) is 8.00. The highest BCUT2D eigenvalue weighted by Gasteiger charge is 2.24. The second-order valence-electron chi connectivity index (χ2n) is 6.94. The van der Waals surface area contributed by atoms with Crippen LogP contribution in [0.3, 0.4) is 0 Å². The van der Waals surface area contributed by atoms with Crippen LogP contribution >= 0.6 is 0 Å². The summed E-state index contributed by atoms with van der Waals surface area (Å²) in [7, 11) is 0. The topological polar surface area (TPSA) is 81.0 Å². The summed E-state index contributed by atoms with van der Waals surface area (Å²) in [6, 6.07) is 7.24. The van der Waals surface area contributed by atoms with Crippen LogP contribution in [0.5, 0.6) is 11.5 Å². The van der Waals surface area contributed by atoms with E-state index >= 15 is 0 Å². The van der Waals surface area contributed by atoms with Crippen LogP contribution in [-0.2, 0) is 4.79 Å². The van der Waals surface area contributed by atoms with Crippen LogP contribution in [0.2, 0.25) is 0 Å². The van der Waals surface area contributed by atoms with E-state index in [-0.39, 0.29) is 18.6 Å². The average molecular weight is 382 g/mol. The summed E-state index contributed by atoms with van der Waals surface area (Å²) < 4.78 is 15.6. The molecule has 0 atom stereocenters. The number of nitrogens with one attached hydrogen (secondary N) is 1. The van der Waals surface area contributed by atoms with Crippen molar-refractivity contribution in [3.63, 3.8) is 0 Å². The van der Waals surface area contributed by atoms with E-state index in [1.54, 1.807) is 12.1 Å². The van der Waals surface area contributed by atoms with E-state index in [1.807, 2.05) is 23.1 Å². The van der Waals surface area contributed by atoms with E-state index in [2.05, 4.69) is 5.32 Å². The van der Waals surface area contributed by atoms with Gasteiger partial charge in [0.1, 0.15) is 6.26 Å². The Labute approximate surface area is 162 Å². The number of carbonyl (C=O) groups excluding carboxylic acids is 2. The van der Waals surface area contributed by atoms with Crippen molar-refractivity contribution in [2.75, 3.05) is 26.4 Å². The van der Waals surface area contributed by atoms with E-state index in [9.17, 15) is 9.59 Å². The van der Waals surface area contributed by atoms with Crippen molar-refractivity contribution >= 4 is 17.9 Å². The van der Waals surface area contributed by atoms with Gasteiger partial charge in [-0.2, -0.15) is 0 Å². The molecule has 7 nitrogen and oxygen atoms in total. The van der Waals surface area contributed by atoms with E-state index in [1.165, 1.54) is 18.6 Å². The number of piperidine rings is 1. The molecule has 0 aliphatic carbocycles. The van der Waals surface area contributed by atoms with Gasteiger partial charge in [0.2, 0.25) is 12.7 Å². The van der Waals surface area contributed by atoms with Crippen molar-refractivity contribution in [1.82, 2.24) is 10.2 Å². The second-order valence-corrected chi connectivity index (χ2v) is 6.94. The van der Waals surface area contributed by atoms with Crippen molar-refractivity contribution in [2.45, 2.75) is 12.8 Å². The largest absolute Gasteiger partial charge is 0.472 e. The maximum atomic E-state index is 12.3. The first-order chi connectivity index (χ1) is 13.7. The molecule has 2 amide bonds. The van der Waals surface area contributed by atoms with Crippen molar-refractivity contribution in [2.24, 2.45) is 5.92 Å². The average Bonchev–Trinajstić information content (AvgIpc) is 3.42. The normalized spacial score (nSPS) is 16.5. The number of rotatable bonds is 5. The SMILES string of the molecule is O=C(C=Cc1ccc2c(c1)OCO2)NCC1CCN(C(=O)c2ccoc2)CC1. The molecule has 1 aromatic heterocycles. The van der Waals surface area contributed by atoms with Gasteiger partial charge in [0.15, 0.2) is 11.5 Å². The fraction of sp³-hybridized carbons (Fsp3) is 0.333. The quantitative estimate of drug-likeness (QED) is 0.804. The molecule has 2 aliphatic heterocycles. The van der Waals surface area contributed by atoms with E-state index in [4.69, 9.17) is 13.9 Å². The number of carbonyl (C=O) groups is 2. The fourth-order valence-corrected chi connectivity index (χ4v) is 3.40. The molecular formula is C21H22N2O5. The maximum absolute atomic E-state index is 12.3. The van der Waals surface area contributed by atoms with Gasteiger partial charge in [0.25, 0.3) is 5.91 Å². The Bertz CT molecular complexity index is 867. The van der Waals surface area contributed by atoms with Gasteiger partial charge in [-0.25, -0.2) is 0 Å². The van der Waals surface area contributed by atoms with Crippen molar-refractivity contribution in [1.29, 1.82) is 0 Å². The highest BCUT2D eigenvalue weighted by molar-refractivity contribution is 5.94. The molecule has 0 saturated carbocycles. The summed E-state index contributed by atoms with van der Waals surface area (Å²) in [5.74, 6) is 1.66. The van der Waals surface area contributed by atoms with Gasteiger partial charge in [-0.1, -0.05) is 6.07 Å². The Hall–Kier alpha value is -3.22. The van der Waals surface area contributed by atoms with Crippen molar-refractivity contribution in [3.8, 4) is 11.5 Å². The number of likely N-dealkylation sites (tertiary alicyclic amines) is 1. The lowest BCUT2D eigenvalue weighted by Gasteiger charge is -2.31. The molecule has 1 saturated heterocycles. The number of benzene rings is 1. The Morgan fingerprint density at radius 3 is 2.75 bits per heavy atom. The number of furan rings is 1. The first-order valence-electron chi connectivity index (χ1n) is 9.36. The number of fused-ring (bicyclic) bond motifs is 1. The third-order valence-electron chi connectivity index (χ3n) is 5.06. The third kappa shape index (κ3) is 4.19. The van der Waals surface area contributed by atoms with Crippen LogP contribution in [0.4, 0.5) is 0 Å². The van der Waals surface area contributed by atoms with E-state index < -0.39 is 0 Å². The lowest BCUT2D eigenvalue weighted by molar-refractivity contribution is -0.116. The molecule has 0 unspecified atom stereocenters. The minimum atomic E-state index is -0.130.